The molecule has 1 heterocycles. The van der Waals surface area contributed by atoms with Gasteiger partial charge in [-0.2, -0.15) is 0 Å². The molecule has 0 bridgehead atoms. The highest BCUT2D eigenvalue weighted by atomic mass is 16.3. The molecule has 0 amide bonds. The van der Waals surface area contributed by atoms with Crippen LogP contribution < -0.4 is 5.32 Å². The minimum Gasteiger partial charge on any atom is -0.395 e. The first-order valence-corrected chi connectivity index (χ1v) is 6.01. The van der Waals surface area contributed by atoms with E-state index in [2.05, 4.69) is 10.2 Å². The molecule has 0 aliphatic carbocycles. The molecule has 1 aliphatic heterocycles. The zero-order chi connectivity index (χ0) is 10.9. The molecular formula is C11H24N2O2. The molecule has 0 aromatic carbocycles. The van der Waals surface area contributed by atoms with Crippen LogP contribution in [0.2, 0.25) is 0 Å². The normalized spacial score (nSPS) is 18.6. The Morgan fingerprint density at radius 1 is 1.00 bits per heavy atom. The molecule has 0 atom stereocenters. The van der Waals surface area contributed by atoms with Gasteiger partial charge in [-0.3, -0.25) is 4.90 Å². The van der Waals surface area contributed by atoms with E-state index >= 15 is 0 Å². The Balaban J connectivity index is 2.13. The Kier molecular flexibility index (Phi) is 6.92. The second-order valence-corrected chi connectivity index (χ2v) is 4.27. The van der Waals surface area contributed by atoms with Crippen molar-refractivity contribution in [3.63, 3.8) is 0 Å². The van der Waals surface area contributed by atoms with E-state index in [0.29, 0.717) is 13.1 Å². The second kappa shape index (κ2) is 8.05. The summed E-state index contributed by atoms with van der Waals surface area (Å²) in [4.78, 5) is 2.14. The van der Waals surface area contributed by atoms with Gasteiger partial charge in [0, 0.05) is 13.1 Å². The zero-order valence-corrected chi connectivity index (χ0v) is 9.49. The Bertz CT molecular complexity index is 144. The highest BCUT2D eigenvalue weighted by Crippen LogP contribution is 2.16. The van der Waals surface area contributed by atoms with Crippen molar-refractivity contribution in [3.05, 3.63) is 0 Å². The molecule has 4 nitrogen and oxygen atoms in total. The van der Waals surface area contributed by atoms with Crippen LogP contribution in [-0.2, 0) is 0 Å². The van der Waals surface area contributed by atoms with Crippen LogP contribution in [0.1, 0.15) is 19.3 Å². The molecule has 4 heteroatoms. The Labute approximate surface area is 92.3 Å². The third-order valence-corrected chi connectivity index (χ3v) is 3.14. The molecular weight excluding hydrogens is 192 g/mol. The average Bonchev–Trinajstić information content (AvgIpc) is 2.28. The second-order valence-electron chi connectivity index (χ2n) is 4.27. The molecule has 0 unspecified atom stereocenters. The predicted octanol–water partition coefficient (Wildman–Crippen LogP) is -0.337. The van der Waals surface area contributed by atoms with Gasteiger partial charge in [-0.15, -0.1) is 0 Å². The molecule has 0 saturated carbocycles. The number of nitrogens with one attached hydrogen (secondary N) is 1. The summed E-state index contributed by atoms with van der Waals surface area (Å²) >= 11 is 0. The van der Waals surface area contributed by atoms with E-state index in [-0.39, 0.29) is 13.2 Å². The predicted molar refractivity (Wildman–Crippen MR) is 60.8 cm³/mol. The van der Waals surface area contributed by atoms with Crippen molar-refractivity contribution in [2.75, 3.05) is 45.9 Å². The maximum atomic E-state index is 8.87. The SMILES string of the molecule is OCCN(CCO)CCC1CCNCC1. The summed E-state index contributed by atoms with van der Waals surface area (Å²) in [5.41, 5.74) is 0. The van der Waals surface area contributed by atoms with Crippen molar-refractivity contribution in [1.82, 2.24) is 10.2 Å². The van der Waals surface area contributed by atoms with Crippen LogP contribution in [0.15, 0.2) is 0 Å². The summed E-state index contributed by atoms with van der Waals surface area (Å²) in [6.07, 6.45) is 3.74. The third-order valence-electron chi connectivity index (χ3n) is 3.14. The monoisotopic (exact) mass is 216 g/mol. The van der Waals surface area contributed by atoms with Gasteiger partial charge in [-0.25, -0.2) is 0 Å². The quantitative estimate of drug-likeness (QED) is 0.545. The van der Waals surface area contributed by atoms with Gasteiger partial charge >= 0.3 is 0 Å². The van der Waals surface area contributed by atoms with E-state index in [1.54, 1.807) is 0 Å². The Morgan fingerprint density at radius 3 is 2.13 bits per heavy atom. The molecule has 1 aliphatic rings. The number of nitrogens with zero attached hydrogens (tertiary/aromatic N) is 1. The molecule has 15 heavy (non-hydrogen) atoms. The van der Waals surface area contributed by atoms with Crippen LogP contribution in [0, 0.1) is 5.92 Å². The van der Waals surface area contributed by atoms with E-state index in [0.717, 1.165) is 25.6 Å². The van der Waals surface area contributed by atoms with Crippen molar-refractivity contribution >= 4 is 0 Å². The van der Waals surface area contributed by atoms with E-state index in [4.69, 9.17) is 10.2 Å². The van der Waals surface area contributed by atoms with Crippen molar-refractivity contribution in [3.8, 4) is 0 Å². The molecule has 0 aromatic rings. The fraction of sp³-hybridized carbons (Fsp3) is 1.00. The van der Waals surface area contributed by atoms with Crippen LogP contribution in [0.4, 0.5) is 0 Å². The Morgan fingerprint density at radius 2 is 1.60 bits per heavy atom. The van der Waals surface area contributed by atoms with Gasteiger partial charge in [0.1, 0.15) is 0 Å². The summed E-state index contributed by atoms with van der Waals surface area (Å²) in [5.74, 6) is 0.825. The number of hydrogen-bond acceptors (Lipinski definition) is 4. The van der Waals surface area contributed by atoms with Crippen LogP contribution in [0.3, 0.4) is 0 Å². The number of aliphatic hydroxyl groups excluding tert-OH is 2. The minimum atomic E-state index is 0.187. The standard InChI is InChI=1S/C11H24N2O2/c14-9-7-13(8-10-15)6-3-11-1-4-12-5-2-11/h11-12,14-15H,1-10H2. The lowest BCUT2D eigenvalue weighted by molar-refractivity contribution is 0.151. The van der Waals surface area contributed by atoms with Gasteiger partial charge in [-0.1, -0.05) is 0 Å². The van der Waals surface area contributed by atoms with E-state index in [1.165, 1.54) is 19.3 Å². The lowest BCUT2D eigenvalue weighted by atomic mass is 9.94. The lowest BCUT2D eigenvalue weighted by Crippen LogP contribution is -2.34. The summed E-state index contributed by atoms with van der Waals surface area (Å²) in [6, 6.07) is 0. The van der Waals surface area contributed by atoms with Gasteiger partial charge in [0.15, 0.2) is 0 Å². The van der Waals surface area contributed by atoms with Gasteiger partial charge in [0.2, 0.25) is 0 Å². The molecule has 1 saturated heterocycles. The largest absolute Gasteiger partial charge is 0.395 e. The van der Waals surface area contributed by atoms with Gasteiger partial charge in [0.25, 0.3) is 0 Å². The molecule has 90 valence electrons. The first kappa shape index (κ1) is 12.9. The highest BCUT2D eigenvalue weighted by Gasteiger charge is 2.14. The summed E-state index contributed by atoms with van der Waals surface area (Å²) in [7, 11) is 0. The summed E-state index contributed by atoms with van der Waals surface area (Å²) in [5, 5.41) is 21.1. The topological polar surface area (TPSA) is 55.7 Å². The van der Waals surface area contributed by atoms with Crippen molar-refractivity contribution in [1.29, 1.82) is 0 Å². The molecule has 0 spiro atoms. The van der Waals surface area contributed by atoms with Gasteiger partial charge < -0.3 is 15.5 Å². The molecule has 1 fully saturated rings. The Hall–Kier alpha value is -0.160. The molecule has 3 N–H and O–H groups in total. The summed E-state index contributed by atoms with van der Waals surface area (Å²) in [6.45, 7) is 5.04. The van der Waals surface area contributed by atoms with Crippen LogP contribution in [0.5, 0.6) is 0 Å². The van der Waals surface area contributed by atoms with Crippen molar-refractivity contribution in [2.24, 2.45) is 5.92 Å². The zero-order valence-electron chi connectivity index (χ0n) is 9.49. The first-order chi connectivity index (χ1) is 7.36. The number of piperidine rings is 1. The van der Waals surface area contributed by atoms with Crippen molar-refractivity contribution < 1.29 is 10.2 Å². The van der Waals surface area contributed by atoms with E-state index in [1.807, 2.05) is 0 Å². The maximum Gasteiger partial charge on any atom is 0.0558 e. The van der Waals surface area contributed by atoms with Crippen LogP contribution >= 0.6 is 0 Å². The van der Waals surface area contributed by atoms with Crippen LogP contribution in [-0.4, -0.2) is 61.1 Å². The van der Waals surface area contributed by atoms with E-state index < -0.39 is 0 Å². The first-order valence-electron chi connectivity index (χ1n) is 6.01. The van der Waals surface area contributed by atoms with Crippen LogP contribution in [0.25, 0.3) is 0 Å². The van der Waals surface area contributed by atoms with Gasteiger partial charge in [0.05, 0.1) is 13.2 Å². The average molecular weight is 216 g/mol. The summed E-state index contributed by atoms with van der Waals surface area (Å²) < 4.78 is 0. The molecule has 0 radical (unpaired) electrons. The van der Waals surface area contributed by atoms with E-state index in [9.17, 15) is 0 Å². The minimum absolute atomic E-state index is 0.187. The highest BCUT2D eigenvalue weighted by molar-refractivity contribution is 4.70. The smallest absolute Gasteiger partial charge is 0.0558 e. The fourth-order valence-electron chi connectivity index (χ4n) is 2.15. The third kappa shape index (κ3) is 5.47. The number of rotatable bonds is 7. The van der Waals surface area contributed by atoms with Crippen molar-refractivity contribution in [2.45, 2.75) is 19.3 Å². The maximum absolute atomic E-state index is 8.87. The lowest BCUT2D eigenvalue weighted by Gasteiger charge is -2.26. The molecule has 1 rings (SSSR count). The molecule has 0 aromatic heterocycles. The number of hydrogen-bond donors (Lipinski definition) is 3. The fourth-order valence-corrected chi connectivity index (χ4v) is 2.15. The number of aliphatic hydroxyl groups is 2. The van der Waals surface area contributed by atoms with Gasteiger partial charge in [-0.05, 0) is 44.8 Å².